The molecule has 1 aliphatic carbocycles. The van der Waals surface area contributed by atoms with E-state index in [1.807, 2.05) is 0 Å². The lowest BCUT2D eigenvalue weighted by Gasteiger charge is -2.19. The summed E-state index contributed by atoms with van der Waals surface area (Å²) in [5.41, 5.74) is -1.91. The Bertz CT molecular complexity index is 976. The molecule has 2 aromatic rings. The number of benzene rings is 1. The van der Waals surface area contributed by atoms with E-state index in [1.165, 1.54) is 4.57 Å². The number of rotatable bonds is 6. The highest BCUT2D eigenvalue weighted by molar-refractivity contribution is 5.91. The SMILES string of the molecule is CCc1nn(-c2cc(OC(C)C(F)(F)F)c(C(=O)O)cc2F)c(=O)n1C1CC1. The molecular weight excluding hydrogens is 386 g/mol. The smallest absolute Gasteiger partial charge is 0.425 e. The molecule has 0 amide bonds. The van der Waals surface area contributed by atoms with Gasteiger partial charge >= 0.3 is 17.8 Å². The third-order valence-electron chi connectivity index (χ3n) is 4.38. The van der Waals surface area contributed by atoms with Crippen molar-refractivity contribution in [1.82, 2.24) is 14.3 Å². The van der Waals surface area contributed by atoms with E-state index in [-0.39, 0.29) is 6.04 Å². The van der Waals surface area contributed by atoms with Crippen molar-refractivity contribution in [2.75, 3.05) is 0 Å². The van der Waals surface area contributed by atoms with E-state index < -0.39 is 46.8 Å². The van der Waals surface area contributed by atoms with Gasteiger partial charge in [-0.05, 0) is 25.8 Å². The van der Waals surface area contributed by atoms with E-state index in [0.717, 1.165) is 23.6 Å². The van der Waals surface area contributed by atoms with Crippen LogP contribution in [0.1, 0.15) is 48.9 Å². The van der Waals surface area contributed by atoms with Crippen LogP contribution in [-0.4, -0.2) is 37.7 Å². The number of aryl methyl sites for hydroxylation is 1. The van der Waals surface area contributed by atoms with Crippen molar-refractivity contribution in [2.24, 2.45) is 0 Å². The van der Waals surface area contributed by atoms with Crippen LogP contribution >= 0.6 is 0 Å². The Balaban J connectivity index is 2.14. The van der Waals surface area contributed by atoms with Crippen LogP contribution in [0.15, 0.2) is 16.9 Å². The lowest BCUT2D eigenvalue weighted by Crippen LogP contribution is -2.32. The maximum atomic E-state index is 14.5. The normalized spacial score (nSPS) is 15.5. The summed E-state index contributed by atoms with van der Waals surface area (Å²) < 4.78 is 59.9. The monoisotopic (exact) mass is 403 g/mol. The molecule has 1 atom stereocenters. The topological polar surface area (TPSA) is 86.4 Å². The highest BCUT2D eigenvalue weighted by Gasteiger charge is 2.39. The number of carbonyl (C=O) groups is 1. The molecule has 1 N–H and O–H groups in total. The van der Waals surface area contributed by atoms with Gasteiger partial charge in [-0.15, -0.1) is 5.10 Å². The number of carboxylic acids is 1. The number of nitrogens with zero attached hydrogens (tertiary/aromatic N) is 3. The zero-order valence-electron chi connectivity index (χ0n) is 15.0. The molecule has 28 heavy (non-hydrogen) atoms. The van der Waals surface area contributed by atoms with Gasteiger partial charge in [-0.2, -0.15) is 17.9 Å². The van der Waals surface area contributed by atoms with E-state index >= 15 is 0 Å². The maximum Gasteiger partial charge on any atom is 0.425 e. The van der Waals surface area contributed by atoms with Gasteiger partial charge in [0.25, 0.3) is 0 Å². The first-order chi connectivity index (χ1) is 13.0. The average molecular weight is 403 g/mol. The van der Waals surface area contributed by atoms with Crippen LogP contribution in [0.4, 0.5) is 17.6 Å². The fourth-order valence-electron chi connectivity index (χ4n) is 2.74. The summed E-state index contributed by atoms with van der Waals surface area (Å²) in [6.07, 6.45) is -5.16. The highest BCUT2D eigenvalue weighted by Crippen LogP contribution is 2.35. The highest BCUT2D eigenvalue weighted by atomic mass is 19.4. The van der Waals surface area contributed by atoms with Gasteiger partial charge in [-0.1, -0.05) is 6.92 Å². The van der Waals surface area contributed by atoms with Crippen molar-refractivity contribution in [3.63, 3.8) is 0 Å². The fourth-order valence-corrected chi connectivity index (χ4v) is 2.74. The largest absolute Gasteiger partial charge is 0.480 e. The van der Waals surface area contributed by atoms with Gasteiger partial charge in [0, 0.05) is 18.5 Å². The van der Waals surface area contributed by atoms with Crippen LogP contribution < -0.4 is 10.4 Å². The maximum absolute atomic E-state index is 14.5. The molecule has 0 aliphatic heterocycles. The number of alkyl halides is 3. The van der Waals surface area contributed by atoms with Gasteiger partial charge in [0.15, 0.2) is 6.10 Å². The van der Waals surface area contributed by atoms with Gasteiger partial charge in [0.1, 0.15) is 28.6 Å². The first kappa shape index (κ1) is 19.9. The van der Waals surface area contributed by atoms with Gasteiger partial charge in [0.2, 0.25) is 0 Å². The quantitative estimate of drug-likeness (QED) is 0.749. The van der Waals surface area contributed by atoms with Crippen LogP contribution in [0.25, 0.3) is 5.69 Å². The molecule has 1 aromatic carbocycles. The Hall–Kier alpha value is -2.85. The minimum Gasteiger partial charge on any atom is -0.480 e. The van der Waals surface area contributed by atoms with Crippen LogP contribution in [0.3, 0.4) is 0 Å². The van der Waals surface area contributed by atoms with Crippen molar-refractivity contribution in [1.29, 1.82) is 0 Å². The van der Waals surface area contributed by atoms with Crippen LogP contribution in [-0.2, 0) is 6.42 Å². The second-order valence-electron chi connectivity index (χ2n) is 6.47. The molecule has 1 aromatic heterocycles. The summed E-state index contributed by atoms with van der Waals surface area (Å²) in [4.78, 5) is 24.0. The van der Waals surface area contributed by atoms with Crippen molar-refractivity contribution in [3.8, 4) is 11.4 Å². The lowest BCUT2D eigenvalue weighted by molar-refractivity contribution is -0.189. The molecule has 0 radical (unpaired) electrons. The van der Waals surface area contributed by atoms with E-state index in [1.54, 1.807) is 6.92 Å². The molecule has 1 heterocycles. The molecule has 1 fully saturated rings. The number of ether oxygens (including phenoxy) is 1. The number of halogens is 4. The third kappa shape index (κ3) is 3.60. The number of aromatic nitrogens is 3. The zero-order valence-corrected chi connectivity index (χ0v) is 15.0. The van der Waals surface area contributed by atoms with Gasteiger partial charge in [-0.3, -0.25) is 4.57 Å². The Kier molecular flexibility index (Phi) is 4.94. The van der Waals surface area contributed by atoms with Crippen LogP contribution in [0, 0.1) is 5.82 Å². The second-order valence-corrected chi connectivity index (χ2v) is 6.47. The average Bonchev–Trinajstić information content (AvgIpc) is 3.38. The predicted molar refractivity (Wildman–Crippen MR) is 88.5 cm³/mol. The summed E-state index contributed by atoms with van der Waals surface area (Å²) >= 11 is 0. The number of hydrogen-bond acceptors (Lipinski definition) is 4. The molecule has 1 saturated carbocycles. The first-order valence-corrected chi connectivity index (χ1v) is 8.55. The molecule has 7 nitrogen and oxygen atoms in total. The molecular formula is C17H17F4N3O4. The Labute approximate surface area is 156 Å². The molecule has 1 unspecified atom stereocenters. The molecule has 1 aliphatic rings. The van der Waals surface area contributed by atoms with Gasteiger partial charge in [-0.25, -0.2) is 14.0 Å². The van der Waals surface area contributed by atoms with Crippen molar-refractivity contribution < 1.29 is 32.2 Å². The number of hydrogen-bond donors (Lipinski definition) is 1. The summed E-state index contributed by atoms with van der Waals surface area (Å²) in [5.74, 6) is -3.09. The molecule has 0 bridgehead atoms. The summed E-state index contributed by atoms with van der Waals surface area (Å²) in [6, 6.07) is 1.23. The van der Waals surface area contributed by atoms with E-state index in [2.05, 4.69) is 5.10 Å². The number of carboxylic acid groups (broad SMARTS) is 1. The van der Waals surface area contributed by atoms with Crippen molar-refractivity contribution >= 4 is 5.97 Å². The van der Waals surface area contributed by atoms with Crippen LogP contribution in [0.2, 0.25) is 0 Å². The molecule has 152 valence electrons. The predicted octanol–water partition coefficient (Wildman–Crippen LogP) is 3.10. The molecule has 3 rings (SSSR count). The third-order valence-corrected chi connectivity index (χ3v) is 4.38. The first-order valence-electron chi connectivity index (χ1n) is 8.55. The Morgan fingerprint density at radius 2 is 2.04 bits per heavy atom. The zero-order chi connectivity index (χ0) is 20.8. The van der Waals surface area contributed by atoms with Gasteiger partial charge in [0.05, 0.1) is 0 Å². The van der Waals surface area contributed by atoms with E-state index in [4.69, 9.17) is 4.74 Å². The molecule has 0 spiro atoms. The molecule has 0 saturated heterocycles. The standard InChI is InChI=1S/C17H17F4N3O4/c1-3-14-22-24(16(27)23(14)9-4-5-9)12-7-13(28-8(2)17(19,20)21)10(15(25)26)6-11(12)18/h6-9H,3-5H2,1-2H3,(H,25,26). The molecule has 11 heteroatoms. The van der Waals surface area contributed by atoms with Crippen molar-refractivity contribution in [3.05, 3.63) is 39.8 Å². The van der Waals surface area contributed by atoms with E-state index in [9.17, 15) is 32.3 Å². The van der Waals surface area contributed by atoms with Crippen molar-refractivity contribution in [2.45, 2.75) is 51.4 Å². The Morgan fingerprint density at radius 1 is 1.39 bits per heavy atom. The minimum absolute atomic E-state index is 0.0430. The fraction of sp³-hybridized carbons (Fsp3) is 0.471. The second kappa shape index (κ2) is 6.95. The van der Waals surface area contributed by atoms with Gasteiger partial charge < -0.3 is 9.84 Å². The summed E-state index contributed by atoms with van der Waals surface area (Å²) in [5, 5.41) is 13.2. The summed E-state index contributed by atoms with van der Waals surface area (Å²) in [7, 11) is 0. The number of aromatic carboxylic acids is 1. The lowest BCUT2D eigenvalue weighted by atomic mass is 10.1. The van der Waals surface area contributed by atoms with Crippen LogP contribution in [0.5, 0.6) is 5.75 Å². The minimum atomic E-state index is -4.76. The van der Waals surface area contributed by atoms with E-state index in [0.29, 0.717) is 25.2 Å². The summed E-state index contributed by atoms with van der Waals surface area (Å²) in [6.45, 7) is 2.45. The Morgan fingerprint density at radius 3 is 2.54 bits per heavy atom.